The van der Waals surface area contributed by atoms with Crippen LogP contribution >= 0.6 is 0 Å². The monoisotopic (exact) mass is 316 g/mol. The second-order valence-electron chi connectivity index (χ2n) is 5.55. The Kier molecular flexibility index (Phi) is 4.09. The highest BCUT2D eigenvalue weighted by Crippen LogP contribution is 2.29. The number of aryl methyl sites for hydroxylation is 1. The predicted octanol–water partition coefficient (Wildman–Crippen LogP) is -1.37. The summed E-state index contributed by atoms with van der Waals surface area (Å²) in [7, 11) is -1.38. The van der Waals surface area contributed by atoms with Gasteiger partial charge in [-0.1, -0.05) is 12.8 Å². The summed E-state index contributed by atoms with van der Waals surface area (Å²) in [6.07, 6.45) is 4.13. The molecule has 8 nitrogen and oxygen atoms in total. The molecule has 0 unspecified atom stereocenters. The van der Waals surface area contributed by atoms with Crippen molar-refractivity contribution in [1.82, 2.24) is 13.9 Å². The maximum Gasteiger partial charge on any atom is 0.330 e. The van der Waals surface area contributed by atoms with Crippen molar-refractivity contribution >= 4 is 10.0 Å². The second-order valence-corrected chi connectivity index (χ2v) is 7.20. The molecule has 118 valence electrons. The SMILES string of the molecule is Cn1cc(S(=O)(=O)NC2(CN)CCCC2)c(=O)n(C)c1=O. The zero-order valence-corrected chi connectivity index (χ0v) is 12.9. The van der Waals surface area contributed by atoms with E-state index in [2.05, 4.69) is 4.72 Å². The maximum absolute atomic E-state index is 12.5. The van der Waals surface area contributed by atoms with Gasteiger partial charge in [-0.2, -0.15) is 0 Å². The van der Waals surface area contributed by atoms with Crippen LogP contribution in [-0.4, -0.2) is 29.6 Å². The van der Waals surface area contributed by atoms with Crippen LogP contribution in [0.15, 0.2) is 20.7 Å². The molecule has 0 saturated heterocycles. The lowest BCUT2D eigenvalue weighted by atomic mass is 10.0. The lowest BCUT2D eigenvalue weighted by molar-refractivity contribution is 0.398. The summed E-state index contributed by atoms with van der Waals surface area (Å²) in [4.78, 5) is 23.2. The van der Waals surface area contributed by atoms with E-state index in [-0.39, 0.29) is 6.54 Å². The van der Waals surface area contributed by atoms with Crippen LogP contribution in [0, 0.1) is 0 Å². The standard InChI is InChI=1S/C12H20N4O4S/c1-15-7-9(10(17)16(2)11(15)18)21(19,20)14-12(8-13)5-3-4-6-12/h7,14H,3-6,8,13H2,1-2H3. The van der Waals surface area contributed by atoms with Gasteiger partial charge in [0.25, 0.3) is 5.56 Å². The molecule has 2 rings (SSSR count). The van der Waals surface area contributed by atoms with Crippen LogP contribution in [0.4, 0.5) is 0 Å². The average molecular weight is 316 g/mol. The molecule has 0 amide bonds. The normalized spacial score (nSPS) is 18.0. The first-order valence-corrected chi connectivity index (χ1v) is 8.21. The molecule has 0 aromatic carbocycles. The highest BCUT2D eigenvalue weighted by molar-refractivity contribution is 7.89. The van der Waals surface area contributed by atoms with E-state index >= 15 is 0 Å². The first kappa shape index (κ1) is 15.9. The van der Waals surface area contributed by atoms with E-state index in [0.717, 1.165) is 28.2 Å². The van der Waals surface area contributed by atoms with Gasteiger partial charge < -0.3 is 10.3 Å². The number of hydrogen-bond acceptors (Lipinski definition) is 5. The van der Waals surface area contributed by atoms with E-state index < -0.39 is 31.7 Å². The van der Waals surface area contributed by atoms with Crippen molar-refractivity contribution < 1.29 is 8.42 Å². The molecule has 9 heteroatoms. The van der Waals surface area contributed by atoms with Gasteiger partial charge in [-0.05, 0) is 12.8 Å². The molecule has 1 aromatic heterocycles. The Morgan fingerprint density at radius 1 is 1.29 bits per heavy atom. The third-order valence-electron chi connectivity index (χ3n) is 4.01. The Morgan fingerprint density at radius 2 is 1.86 bits per heavy atom. The Hall–Kier alpha value is -1.45. The molecule has 1 aliphatic carbocycles. The summed E-state index contributed by atoms with van der Waals surface area (Å²) in [5.41, 5.74) is 3.60. The van der Waals surface area contributed by atoms with Gasteiger partial charge in [0, 0.05) is 32.4 Å². The predicted molar refractivity (Wildman–Crippen MR) is 77.5 cm³/mol. The van der Waals surface area contributed by atoms with E-state index in [1.165, 1.54) is 14.1 Å². The summed E-state index contributed by atoms with van der Waals surface area (Å²) in [5.74, 6) is 0. The lowest BCUT2D eigenvalue weighted by Crippen LogP contribution is -2.53. The third kappa shape index (κ3) is 2.81. The minimum Gasteiger partial charge on any atom is -0.329 e. The maximum atomic E-state index is 12.5. The number of rotatable bonds is 4. The van der Waals surface area contributed by atoms with Gasteiger partial charge in [-0.25, -0.2) is 17.9 Å². The lowest BCUT2D eigenvalue weighted by Gasteiger charge is -2.28. The summed E-state index contributed by atoms with van der Waals surface area (Å²) >= 11 is 0. The second kappa shape index (κ2) is 5.39. The molecule has 0 bridgehead atoms. The number of nitrogens with zero attached hydrogens (tertiary/aromatic N) is 2. The highest BCUT2D eigenvalue weighted by atomic mass is 32.2. The van der Waals surface area contributed by atoms with Crippen LogP contribution in [0.25, 0.3) is 0 Å². The molecular formula is C12H20N4O4S. The molecule has 1 heterocycles. The van der Waals surface area contributed by atoms with Crippen molar-refractivity contribution in [3.63, 3.8) is 0 Å². The van der Waals surface area contributed by atoms with Gasteiger partial charge >= 0.3 is 5.69 Å². The van der Waals surface area contributed by atoms with E-state index in [1.54, 1.807) is 0 Å². The number of aromatic nitrogens is 2. The summed E-state index contributed by atoms with van der Waals surface area (Å²) in [5, 5.41) is 0. The van der Waals surface area contributed by atoms with Crippen LogP contribution in [0.1, 0.15) is 25.7 Å². The molecule has 0 spiro atoms. The Labute approximate surface area is 122 Å². The number of hydrogen-bond donors (Lipinski definition) is 2. The molecule has 0 aliphatic heterocycles. The first-order chi connectivity index (χ1) is 9.72. The molecule has 21 heavy (non-hydrogen) atoms. The molecule has 1 saturated carbocycles. The van der Waals surface area contributed by atoms with Crippen LogP contribution in [-0.2, 0) is 24.1 Å². The first-order valence-electron chi connectivity index (χ1n) is 6.73. The van der Waals surface area contributed by atoms with Crippen molar-refractivity contribution in [1.29, 1.82) is 0 Å². The number of nitrogens with one attached hydrogen (secondary N) is 1. The average Bonchev–Trinajstić information content (AvgIpc) is 2.88. The van der Waals surface area contributed by atoms with Gasteiger partial charge in [-0.3, -0.25) is 9.36 Å². The smallest absolute Gasteiger partial charge is 0.329 e. The van der Waals surface area contributed by atoms with Crippen LogP contribution in [0.3, 0.4) is 0 Å². The topological polar surface area (TPSA) is 116 Å². The van der Waals surface area contributed by atoms with Gasteiger partial charge in [0.05, 0.1) is 0 Å². The quantitative estimate of drug-likeness (QED) is 0.711. The molecule has 1 aliphatic rings. The zero-order valence-electron chi connectivity index (χ0n) is 12.1. The number of sulfonamides is 1. The summed E-state index contributed by atoms with van der Waals surface area (Å²) in [6, 6.07) is 0. The van der Waals surface area contributed by atoms with Gasteiger partial charge in [0.15, 0.2) is 4.90 Å². The van der Waals surface area contributed by atoms with Crippen molar-refractivity contribution in [2.24, 2.45) is 19.8 Å². The fraction of sp³-hybridized carbons (Fsp3) is 0.667. The molecule has 1 aromatic rings. The fourth-order valence-corrected chi connectivity index (χ4v) is 4.33. The Morgan fingerprint density at radius 3 is 2.38 bits per heavy atom. The van der Waals surface area contributed by atoms with E-state index in [4.69, 9.17) is 5.73 Å². The fourth-order valence-electron chi connectivity index (χ4n) is 2.70. The minimum absolute atomic E-state index is 0.179. The van der Waals surface area contributed by atoms with E-state index in [1.807, 2.05) is 0 Å². The molecular weight excluding hydrogens is 296 g/mol. The van der Waals surface area contributed by atoms with Gasteiger partial charge in [-0.15, -0.1) is 0 Å². The van der Waals surface area contributed by atoms with E-state index in [9.17, 15) is 18.0 Å². The van der Waals surface area contributed by atoms with Crippen molar-refractivity contribution in [2.45, 2.75) is 36.1 Å². The number of nitrogens with two attached hydrogens (primary N) is 1. The molecule has 0 atom stereocenters. The largest absolute Gasteiger partial charge is 0.330 e. The van der Waals surface area contributed by atoms with Crippen molar-refractivity contribution in [2.75, 3.05) is 6.54 Å². The third-order valence-corrected chi connectivity index (χ3v) is 5.57. The summed E-state index contributed by atoms with van der Waals surface area (Å²) < 4.78 is 29.4. The molecule has 3 N–H and O–H groups in total. The van der Waals surface area contributed by atoms with Crippen molar-refractivity contribution in [3.05, 3.63) is 27.0 Å². The van der Waals surface area contributed by atoms with Crippen LogP contribution in [0.2, 0.25) is 0 Å². The molecule has 1 fully saturated rings. The zero-order chi connectivity index (χ0) is 15.8. The minimum atomic E-state index is -4.03. The molecule has 0 radical (unpaired) electrons. The van der Waals surface area contributed by atoms with Crippen LogP contribution < -0.4 is 21.7 Å². The van der Waals surface area contributed by atoms with E-state index in [0.29, 0.717) is 12.8 Å². The highest BCUT2D eigenvalue weighted by Gasteiger charge is 2.37. The Balaban J connectivity index is 2.51. The van der Waals surface area contributed by atoms with Gasteiger partial charge in [0.1, 0.15) is 0 Å². The summed E-state index contributed by atoms with van der Waals surface area (Å²) in [6.45, 7) is 0.179. The Bertz CT molecular complexity index is 756. The van der Waals surface area contributed by atoms with Crippen molar-refractivity contribution in [3.8, 4) is 0 Å². The van der Waals surface area contributed by atoms with Gasteiger partial charge in [0.2, 0.25) is 10.0 Å². The van der Waals surface area contributed by atoms with Crippen LogP contribution in [0.5, 0.6) is 0 Å².